The van der Waals surface area contributed by atoms with Crippen molar-refractivity contribution in [1.29, 1.82) is 0 Å². The molecular weight excluding hydrogens is 378 g/mol. The van der Waals surface area contributed by atoms with Gasteiger partial charge in [-0.1, -0.05) is 0 Å². The smallest absolute Gasteiger partial charge is 0.255 e. The van der Waals surface area contributed by atoms with Gasteiger partial charge < -0.3 is 4.90 Å². The Bertz CT molecular complexity index is 896. The number of hydrogen-bond acceptors (Lipinski definition) is 6. The Morgan fingerprint density at radius 1 is 0.962 bits per heavy atom. The van der Waals surface area contributed by atoms with Crippen molar-refractivity contribution in [2.75, 3.05) is 39.0 Å². The van der Waals surface area contributed by atoms with Crippen LogP contribution in [-0.4, -0.2) is 82.0 Å². The van der Waals surface area contributed by atoms with Gasteiger partial charge in [0.05, 0.1) is 9.79 Å². The van der Waals surface area contributed by atoms with Crippen LogP contribution in [0, 0.1) is 0 Å². The molecule has 2 aliphatic heterocycles. The van der Waals surface area contributed by atoms with Crippen LogP contribution in [0.2, 0.25) is 0 Å². The Labute approximate surface area is 154 Å². The van der Waals surface area contributed by atoms with E-state index in [0.29, 0.717) is 32.6 Å². The summed E-state index contributed by atoms with van der Waals surface area (Å²) in [4.78, 5) is 16.4. The minimum absolute atomic E-state index is 0.00632. The van der Waals surface area contributed by atoms with Gasteiger partial charge in [0, 0.05) is 39.0 Å². The Hall–Kier alpha value is -1.49. The molecule has 2 aliphatic rings. The molecule has 0 radical (unpaired) electrons. The van der Waals surface area contributed by atoms with Crippen LogP contribution in [-0.2, 0) is 24.7 Å². The second-order valence-corrected chi connectivity index (χ2v) is 10.4. The second-order valence-electron chi connectivity index (χ2n) is 6.54. The van der Waals surface area contributed by atoms with Crippen molar-refractivity contribution in [3.63, 3.8) is 0 Å². The molecule has 1 amide bonds. The largest absolute Gasteiger partial charge is 0.339 e. The van der Waals surface area contributed by atoms with E-state index in [4.69, 9.17) is 0 Å². The summed E-state index contributed by atoms with van der Waals surface area (Å²) in [5.74, 6) is -0.199. The number of carbonyl (C=O) groups excluding carboxylic acids is 1. The number of rotatable bonds is 4. The number of piperazine rings is 1. The Balaban J connectivity index is 1.96. The highest BCUT2D eigenvalue weighted by Gasteiger charge is 2.45. The van der Waals surface area contributed by atoms with Crippen molar-refractivity contribution in [1.82, 2.24) is 14.1 Å². The fourth-order valence-corrected chi connectivity index (χ4v) is 5.69. The molecule has 2 heterocycles. The van der Waals surface area contributed by atoms with E-state index in [1.54, 1.807) is 4.90 Å². The quantitative estimate of drug-likeness (QED) is 0.703. The average Bonchev–Trinajstić information content (AvgIpc) is 2.61. The highest BCUT2D eigenvalue weighted by atomic mass is 32.2. The van der Waals surface area contributed by atoms with Gasteiger partial charge in [-0.15, -0.1) is 0 Å². The topological polar surface area (TPSA) is 95.1 Å². The first-order chi connectivity index (χ1) is 12.2. The van der Waals surface area contributed by atoms with E-state index in [-0.39, 0.29) is 22.2 Å². The van der Waals surface area contributed by atoms with Crippen molar-refractivity contribution < 1.29 is 21.6 Å². The number of sulfonamides is 1. The summed E-state index contributed by atoms with van der Waals surface area (Å²) in [6, 6.07) is 5.14. The van der Waals surface area contributed by atoms with Crippen LogP contribution in [0.25, 0.3) is 0 Å². The predicted octanol–water partition coefficient (Wildman–Crippen LogP) is -0.0253. The SMILES string of the molecule is CCN1CCN2CCCN(S(=O)(=O)c3ccc(S(C)(=O)=O)cc3)[C@H]2C1=O. The first kappa shape index (κ1) is 19.3. The molecule has 26 heavy (non-hydrogen) atoms. The van der Waals surface area contributed by atoms with Gasteiger partial charge in [0.2, 0.25) is 10.0 Å². The zero-order valence-corrected chi connectivity index (χ0v) is 16.5. The van der Waals surface area contributed by atoms with Gasteiger partial charge in [0.1, 0.15) is 0 Å². The number of carbonyl (C=O) groups is 1. The monoisotopic (exact) mass is 401 g/mol. The summed E-state index contributed by atoms with van der Waals surface area (Å²) in [6.07, 6.45) is 0.896. The highest BCUT2D eigenvalue weighted by Crippen LogP contribution is 2.27. The third-order valence-electron chi connectivity index (χ3n) is 4.87. The van der Waals surface area contributed by atoms with E-state index in [9.17, 15) is 21.6 Å². The Morgan fingerprint density at radius 3 is 2.15 bits per heavy atom. The molecule has 10 heteroatoms. The summed E-state index contributed by atoms with van der Waals surface area (Å²) in [5.41, 5.74) is 0. The van der Waals surface area contributed by atoms with Crippen LogP contribution >= 0.6 is 0 Å². The van der Waals surface area contributed by atoms with Crippen molar-refractivity contribution in [3.05, 3.63) is 24.3 Å². The zero-order chi connectivity index (χ0) is 19.1. The summed E-state index contributed by atoms with van der Waals surface area (Å²) < 4.78 is 50.6. The normalized spacial score (nSPS) is 23.1. The standard InChI is InChI=1S/C16H23N3O5S2/c1-3-17-11-12-18-9-4-10-19(15(18)16(17)20)26(23,24)14-7-5-13(6-8-14)25(2,21)22/h5-8,15H,3-4,9-12H2,1-2H3/t15-/m0/s1. The molecule has 144 valence electrons. The number of likely N-dealkylation sites (N-methyl/N-ethyl adjacent to an activating group) is 1. The van der Waals surface area contributed by atoms with Crippen LogP contribution in [0.3, 0.4) is 0 Å². The third kappa shape index (κ3) is 3.38. The lowest BCUT2D eigenvalue weighted by Crippen LogP contribution is -2.67. The second kappa shape index (κ2) is 6.91. The molecule has 1 atom stereocenters. The van der Waals surface area contributed by atoms with Crippen LogP contribution in [0.4, 0.5) is 0 Å². The van der Waals surface area contributed by atoms with Crippen molar-refractivity contribution in [3.8, 4) is 0 Å². The van der Waals surface area contributed by atoms with Crippen LogP contribution in [0.5, 0.6) is 0 Å². The van der Waals surface area contributed by atoms with Gasteiger partial charge in [-0.3, -0.25) is 9.69 Å². The van der Waals surface area contributed by atoms with Gasteiger partial charge in [-0.05, 0) is 37.6 Å². The van der Waals surface area contributed by atoms with E-state index in [1.165, 1.54) is 28.6 Å². The van der Waals surface area contributed by atoms with Gasteiger partial charge in [0.25, 0.3) is 5.91 Å². The molecule has 0 N–H and O–H groups in total. The summed E-state index contributed by atoms with van der Waals surface area (Å²) in [7, 11) is -7.32. The van der Waals surface area contributed by atoms with Crippen molar-refractivity contribution in [2.24, 2.45) is 0 Å². The molecular formula is C16H23N3O5S2. The summed E-state index contributed by atoms with van der Waals surface area (Å²) in [5, 5.41) is 0. The summed E-state index contributed by atoms with van der Waals surface area (Å²) in [6.45, 7) is 4.61. The molecule has 1 aromatic rings. The molecule has 2 fully saturated rings. The number of sulfone groups is 1. The fraction of sp³-hybridized carbons (Fsp3) is 0.562. The minimum atomic E-state index is -3.91. The van der Waals surface area contributed by atoms with E-state index < -0.39 is 26.0 Å². The molecule has 1 aromatic carbocycles. The molecule has 0 unspecified atom stereocenters. The lowest BCUT2D eigenvalue weighted by molar-refractivity contribution is -0.149. The van der Waals surface area contributed by atoms with E-state index in [2.05, 4.69) is 0 Å². The Kier molecular flexibility index (Phi) is 5.13. The van der Waals surface area contributed by atoms with Crippen molar-refractivity contribution >= 4 is 25.8 Å². The van der Waals surface area contributed by atoms with E-state index in [1.807, 2.05) is 11.8 Å². The van der Waals surface area contributed by atoms with Gasteiger partial charge in [-0.2, -0.15) is 4.31 Å². The van der Waals surface area contributed by atoms with Crippen LogP contribution < -0.4 is 0 Å². The Morgan fingerprint density at radius 2 is 1.58 bits per heavy atom. The third-order valence-corrected chi connectivity index (χ3v) is 7.87. The molecule has 0 aromatic heterocycles. The van der Waals surface area contributed by atoms with Gasteiger partial charge in [0.15, 0.2) is 16.0 Å². The number of hydrogen-bond donors (Lipinski definition) is 0. The number of amides is 1. The van der Waals surface area contributed by atoms with Crippen molar-refractivity contribution in [2.45, 2.75) is 29.3 Å². The van der Waals surface area contributed by atoms with Crippen LogP contribution in [0.1, 0.15) is 13.3 Å². The molecule has 0 aliphatic carbocycles. The molecule has 0 saturated carbocycles. The lowest BCUT2D eigenvalue weighted by Gasteiger charge is -2.47. The molecule has 0 bridgehead atoms. The maximum Gasteiger partial charge on any atom is 0.255 e. The first-order valence-electron chi connectivity index (χ1n) is 8.51. The van der Waals surface area contributed by atoms with E-state index in [0.717, 1.165) is 6.26 Å². The molecule has 2 saturated heterocycles. The molecule has 3 rings (SSSR count). The predicted molar refractivity (Wildman–Crippen MR) is 95.7 cm³/mol. The van der Waals surface area contributed by atoms with Gasteiger partial charge >= 0.3 is 0 Å². The highest BCUT2D eigenvalue weighted by molar-refractivity contribution is 7.90. The number of nitrogens with zero attached hydrogens (tertiary/aromatic N) is 3. The maximum absolute atomic E-state index is 13.1. The molecule has 8 nitrogen and oxygen atoms in total. The van der Waals surface area contributed by atoms with Crippen LogP contribution in [0.15, 0.2) is 34.1 Å². The number of benzene rings is 1. The lowest BCUT2D eigenvalue weighted by atomic mass is 10.2. The molecule has 0 spiro atoms. The zero-order valence-electron chi connectivity index (χ0n) is 14.8. The van der Waals surface area contributed by atoms with Gasteiger partial charge in [-0.25, -0.2) is 16.8 Å². The van der Waals surface area contributed by atoms with E-state index >= 15 is 0 Å². The number of fused-ring (bicyclic) bond motifs is 1. The first-order valence-corrected chi connectivity index (χ1v) is 11.8. The summed E-state index contributed by atoms with van der Waals surface area (Å²) >= 11 is 0. The minimum Gasteiger partial charge on any atom is -0.339 e. The fourth-order valence-electron chi connectivity index (χ4n) is 3.45. The average molecular weight is 402 g/mol. The maximum atomic E-state index is 13.1.